The summed E-state index contributed by atoms with van der Waals surface area (Å²) in [5, 5.41) is 9.40. The quantitative estimate of drug-likeness (QED) is 0.874. The van der Waals surface area contributed by atoms with Crippen LogP contribution in [0.4, 0.5) is 5.69 Å². The summed E-state index contributed by atoms with van der Waals surface area (Å²) >= 11 is 6.31. The number of sulfonamides is 1. The third-order valence-corrected chi connectivity index (χ3v) is 5.54. The van der Waals surface area contributed by atoms with E-state index in [-0.39, 0.29) is 9.92 Å². The predicted octanol–water partition coefficient (Wildman–Crippen LogP) is 1.91. The summed E-state index contributed by atoms with van der Waals surface area (Å²) in [7, 11) is -3.79. The zero-order chi connectivity index (χ0) is 18.0. The van der Waals surface area contributed by atoms with Crippen LogP contribution in [0.5, 0.6) is 0 Å². The van der Waals surface area contributed by atoms with Crippen LogP contribution in [0.2, 0.25) is 5.02 Å². The van der Waals surface area contributed by atoms with Gasteiger partial charge in [-0.15, -0.1) is 0 Å². The lowest BCUT2D eigenvalue weighted by Gasteiger charge is -2.23. The van der Waals surface area contributed by atoms with E-state index in [0.717, 1.165) is 30.6 Å². The van der Waals surface area contributed by atoms with Crippen molar-refractivity contribution in [2.24, 2.45) is 5.14 Å². The number of halogens is 1. The van der Waals surface area contributed by atoms with Gasteiger partial charge < -0.3 is 4.90 Å². The molecule has 0 atom stereocenters. The molecule has 0 aliphatic carbocycles. The van der Waals surface area contributed by atoms with Crippen LogP contribution < -0.4 is 15.6 Å². The molecule has 7 nitrogen and oxygen atoms in total. The Kier molecular flexibility index (Phi) is 5.12. The second-order valence-electron chi connectivity index (χ2n) is 6.00. The van der Waals surface area contributed by atoms with Crippen molar-refractivity contribution in [1.29, 1.82) is 0 Å². The van der Waals surface area contributed by atoms with Crippen molar-refractivity contribution in [1.82, 2.24) is 9.78 Å². The maximum Gasteiger partial charge on any atom is 0.292 e. The highest BCUT2D eigenvalue weighted by molar-refractivity contribution is 7.89. The standard InChI is InChI=1S/C16H19ClN4O3S/c17-15-14(20-9-3-1-2-4-10-20)11-19-21(16(15)22)12-5-7-13(8-6-12)25(18,23)24/h5-8,11H,1-4,9-10H2,(H2,18,23,24). The average molecular weight is 383 g/mol. The molecule has 2 heterocycles. The molecule has 0 amide bonds. The first kappa shape index (κ1) is 17.9. The van der Waals surface area contributed by atoms with Crippen LogP contribution >= 0.6 is 11.6 Å². The van der Waals surface area contributed by atoms with Crippen LogP contribution in [-0.4, -0.2) is 31.3 Å². The Morgan fingerprint density at radius 3 is 2.20 bits per heavy atom. The topological polar surface area (TPSA) is 98.3 Å². The molecule has 3 rings (SSSR count). The van der Waals surface area contributed by atoms with E-state index in [1.165, 1.54) is 37.1 Å². The Balaban J connectivity index is 1.96. The maximum atomic E-state index is 12.6. The third-order valence-electron chi connectivity index (χ3n) is 4.26. The number of aromatic nitrogens is 2. The normalized spacial score (nSPS) is 15.8. The maximum absolute atomic E-state index is 12.6. The van der Waals surface area contributed by atoms with Crippen molar-refractivity contribution in [3.63, 3.8) is 0 Å². The fraction of sp³-hybridized carbons (Fsp3) is 0.375. The number of nitrogens with two attached hydrogens (primary N) is 1. The molecule has 0 radical (unpaired) electrons. The van der Waals surface area contributed by atoms with Crippen molar-refractivity contribution < 1.29 is 8.42 Å². The number of nitrogens with zero attached hydrogens (tertiary/aromatic N) is 3. The third kappa shape index (κ3) is 3.86. The largest absolute Gasteiger partial charge is 0.369 e. The van der Waals surface area contributed by atoms with Gasteiger partial charge in [-0.1, -0.05) is 24.4 Å². The van der Waals surface area contributed by atoms with Gasteiger partial charge >= 0.3 is 0 Å². The summed E-state index contributed by atoms with van der Waals surface area (Å²) in [4.78, 5) is 14.7. The molecule has 25 heavy (non-hydrogen) atoms. The van der Waals surface area contributed by atoms with E-state index in [0.29, 0.717) is 11.4 Å². The monoisotopic (exact) mass is 382 g/mol. The van der Waals surface area contributed by atoms with Gasteiger partial charge in [0.1, 0.15) is 5.02 Å². The first-order valence-electron chi connectivity index (χ1n) is 8.04. The molecular weight excluding hydrogens is 364 g/mol. The van der Waals surface area contributed by atoms with Gasteiger partial charge in [0.2, 0.25) is 10.0 Å². The second kappa shape index (κ2) is 7.15. The molecule has 2 aromatic rings. The number of rotatable bonds is 3. The Morgan fingerprint density at radius 2 is 1.64 bits per heavy atom. The number of benzene rings is 1. The minimum Gasteiger partial charge on any atom is -0.369 e. The average Bonchev–Trinajstić information content (AvgIpc) is 2.86. The molecule has 1 aromatic carbocycles. The molecule has 1 fully saturated rings. The van der Waals surface area contributed by atoms with E-state index in [4.69, 9.17) is 16.7 Å². The predicted molar refractivity (Wildman–Crippen MR) is 96.9 cm³/mol. The van der Waals surface area contributed by atoms with Gasteiger partial charge in [-0.2, -0.15) is 9.78 Å². The van der Waals surface area contributed by atoms with Gasteiger partial charge in [0, 0.05) is 13.1 Å². The summed E-state index contributed by atoms with van der Waals surface area (Å²) in [5.41, 5.74) is 0.624. The zero-order valence-corrected chi connectivity index (χ0v) is 15.1. The summed E-state index contributed by atoms with van der Waals surface area (Å²) in [6.45, 7) is 1.71. The van der Waals surface area contributed by atoms with Crippen molar-refractivity contribution >= 4 is 27.3 Å². The lowest BCUT2D eigenvalue weighted by Crippen LogP contribution is -2.29. The molecule has 0 unspecified atom stereocenters. The Bertz CT molecular complexity index is 917. The summed E-state index contributed by atoms with van der Waals surface area (Å²) in [6.07, 6.45) is 6.07. The van der Waals surface area contributed by atoms with E-state index in [1.807, 2.05) is 0 Å². The number of primary sulfonamides is 1. The van der Waals surface area contributed by atoms with Crippen molar-refractivity contribution in [3.05, 3.63) is 45.8 Å². The van der Waals surface area contributed by atoms with Gasteiger partial charge in [0.15, 0.2) is 0 Å². The highest BCUT2D eigenvalue weighted by atomic mass is 35.5. The summed E-state index contributed by atoms with van der Waals surface area (Å²) in [6, 6.07) is 5.59. The van der Waals surface area contributed by atoms with Gasteiger partial charge in [-0.05, 0) is 37.1 Å². The van der Waals surface area contributed by atoms with Crippen LogP contribution in [0.1, 0.15) is 25.7 Å². The lowest BCUT2D eigenvalue weighted by molar-refractivity contribution is 0.597. The molecule has 1 aromatic heterocycles. The fourth-order valence-electron chi connectivity index (χ4n) is 2.92. The summed E-state index contributed by atoms with van der Waals surface area (Å²) in [5.74, 6) is 0. The smallest absolute Gasteiger partial charge is 0.292 e. The lowest BCUT2D eigenvalue weighted by atomic mass is 10.2. The molecular formula is C16H19ClN4O3S. The highest BCUT2D eigenvalue weighted by Gasteiger charge is 2.18. The second-order valence-corrected chi connectivity index (χ2v) is 7.94. The van der Waals surface area contributed by atoms with Crippen LogP contribution in [0, 0.1) is 0 Å². The Labute approximate surface area is 151 Å². The first-order valence-corrected chi connectivity index (χ1v) is 9.96. The Morgan fingerprint density at radius 1 is 1.04 bits per heavy atom. The van der Waals surface area contributed by atoms with E-state index in [1.54, 1.807) is 6.20 Å². The highest BCUT2D eigenvalue weighted by Crippen LogP contribution is 2.24. The molecule has 1 aliphatic heterocycles. The molecule has 0 spiro atoms. The van der Waals surface area contributed by atoms with Gasteiger partial charge in [-0.25, -0.2) is 13.6 Å². The van der Waals surface area contributed by atoms with Gasteiger partial charge in [-0.3, -0.25) is 4.79 Å². The Hall–Kier alpha value is -1.90. The van der Waals surface area contributed by atoms with E-state index >= 15 is 0 Å². The molecule has 2 N–H and O–H groups in total. The van der Waals surface area contributed by atoms with Gasteiger partial charge in [0.25, 0.3) is 5.56 Å². The minimum atomic E-state index is -3.79. The van der Waals surface area contributed by atoms with Crippen molar-refractivity contribution in [3.8, 4) is 5.69 Å². The van der Waals surface area contributed by atoms with Crippen molar-refractivity contribution in [2.75, 3.05) is 18.0 Å². The molecule has 0 bridgehead atoms. The van der Waals surface area contributed by atoms with Gasteiger partial charge in [0.05, 0.1) is 22.5 Å². The molecule has 0 saturated carbocycles. The SMILES string of the molecule is NS(=O)(=O)c1ccc(-n2ncc(N3CCCCCC3)c(Cl)c2=O)cc1. The van der Waals surface area contributed by atoms with Crippen LogP contribution in [0.3, 0.4) is 0 Å². The van der Waals surface area contributed by atoms with E-state index in [2.05, 4.69) is 10.00 Å². The molecule has 1 saturated heterocycles. The van der Waals surface area contributed by atoms with E-state index < -0.39 is 15.6 Å². The number of hydrogen-bond donors (Lipinski definition) is 1. The fourth-order valence-corrected chi connectivity index (χ4v) is 3.68. The van der Waals surface area contributed by atoms with E-state index in [9.17, 15) is 13.2 Å². The van der Waals surface area contributed by atoms with Crippen LogP contribution in [0.25, 0.3) is 5.69 Å². The molecule has 134 valence electrons. The minimum absolute atomic E-state index is 0.0309. The van der Waals surface area contributed by atoms with Crippen LogP contribution in [-0.2, 0) is 10.0 Å². The molecule has 1 aliphatic rings. The number of anilines is 1. The zero-order valence-electron chi connectivity index (χ0n) is 13.6. The first-order chi connectivity index (χ1) is 11.9. The van der Waals surface area contributed by atoms with Crippen LogP contribution in [0.15, 0.2) is 40.2 Å². The summed E-state index contributed by atoms with van der Waals surface area (Å²) < 4.78 is 23.8. The van der Waals surface area contributed by atoms with Crippen molar-refractivity contribution in [2.45, 2.75) is 30.6 Å². The molecule has 9 heteroatoms. The number of hydrogen-bond acceptors (Lipinski definition) is 5.